The van der Waals surface area contributed by atoms with Gasteiger partial charge in [0, 0.05) is 10.9 Å². The molecule has 2 aromatic rings. The molecule has 0 heterocycles. The van der Waals surface area contributed by atoms with Gasteiger partial charge in [-0.3, -0.25) is 0 Å². The highest BCUT2D eigenvalue weighted by Gasteiger charge is 2.12. The lowest BCUT2D eigenvalue weighted by atomic mass is 9.99. The van der Waals surface area contributed by atoms with Crippen molar-refractivity contribution >= 4 is 11.8 Å². The van der Waals surface area contributed by atoms with Gasteiger partial charge in [0.1, 0.15) is 0 Å². The second kappa shape index (κ2) is 6.77. The van der Waals surface area contributed by atoms with E-state index in [4.69, 9.17) is 10.5 Å². The zero-order valence-electron chi connectivity index (χ0n) is 11.6. The maximum absolute atomic E-state index is 13.7. The van der Waals surface area contributed by atoms with E-state index in [1.165, 1.54) is 13.2 Å². The predicted octanol–water partition coefficient (Wildman–Crippen LogP) is 3.80. The molecule has 0 aliphatic carbocycles. The van der Waals surface area contributed by atoms with Gasteiger partial charge in [-0.2, -0.15) is 0 Å². The first-order valence-electron chi connectivity index (χ1n) is 6.36. The van der Waals surface area contributed by atoms with Gasteiger partial charge in [0.05, 0.1) is 7.11 Å². The van der Waals surface area contributed by atoms with Crippen molar-refractivity contribution in [3.8, 4) is 5.75 Å². The van der Waals surface area contributed by atoms with Crippen LogP contribution < -0.4 is 10.5 Å². The van der Waals surface area contributed by atoms with Crippen LogP contribution in [0.2, 0.25) is 0 Å². The van der Waals surface area contributed by atoms with Gasteiger partial charge < -0.3 is 10.5 Å². The third-order valence-corrected chi connectivity index (χ3v) is 4.02. The second-order valence-corrected chi connectivity index (χ2v) is 5.37. The number of ether oxygens (including phenoxy) is 1. The van der Waals surface area contributed by atoms with Crippen LogP contribution in [0.5, 0.6) is 5.75 Å². The highest BCUT2D eigenvalue weighted by Crippen LogP contribution is 2.27. The molecule has 1 atom stereocenters. The van der Waals surface area contributed by atoms with Crippen LogP contribution >= 0.6 is 11.8 Å². The molecule has 0 aliphatic rings. The summed E-state index contributed by atoms with van der Waals surface area (Å²) >= 11 is 1.67. The summed E-state index contributed by atoms with van der Waals surface area (Å²) in [4.78, 5) is 1.16. The van der Waals surface area contributed by atoms with Crippen molar-refractivity contribution in [3.05, 3.63) is 59.4 Å². The smallest absolute Gasteiger partial charge is 0.165 e. The average molecular weight is 291 g/mol. The van der Waals surface area contributed by atoms with Gasteiger partial charge in [0.2, 0.25) is 0 Å². The minimum atomic E-state index is -0.352. The summed E-state index contributed by atoms with van der Waals surface area (Å²) in [5.41, 5.74) is 8.22. The minimum absolute atomic E-state index is 0.147. The molecule has 2 aromatic carbocycles. The van der Waals surface area contributed by atoms with Crippen LogP contribution in [0.4, 0.5) is 4.39 Å². The number of methoxy groups -OCH3 is 1. The predicted molar refractivity (Wildman–Crippen MR) is 81.8 cm³/mol. The Morgan fingerprint density at radius 1 is 1.25 bits per heavy atom. The van der Waals surface area contributed by atoms with Crippen molar-refractivity contribution in [1.82, 2.24) is 0 Å². The maximum Gasteiger partial charge on any atom is 0.165 e. The van der Waals surface area contributed by atoms with Gasteiger partial charge >= 0.3 is 0 Å². The zero-order chi connectivity index (χ0) is 14.5. The zero-order valence-corrected chi connectivity index (χ0v) is 12.4. The molecule has 2 rings (SSSR count). The lowest BCUT2D eigenvalue weighted by Gasteiger charge is -2.16. The first-order valence-corrected chi connectivity index (χ1v) is 7.59. The quantitative estimate of drug-likeness (QED) is 0.851. The van der Waals surface area contributed by atoms with Crippen molar-refractivity contribution in [1.29, 1.82) is 0 Å². The first kappa shape index (κ1) is 14.9. The largest absolute Gasteiger partial charge is 0.494 e. The van der Waals surface area contributed by atoms with E-state index in [-0.39, 0.29) is 17.6 Å². The number of rotatable bonds is 5. The summed E-state index contributed by atoms with van der Waals surface area (Å²) in [6.07, 6.45) is 2.62. The molecule has 1 unspecified atom stereocenters. The number of halogens is 1. The van der Waals surface area contributed by atoms with E-state index in [1.807, 2.05) is 30.5 Å². The van der Waals surface area contributed by atoms with Gasteiger partial charge in [-0.1, -0.05) is 24.3 Å². The standard InChI is InChI=1S/C16H18FNOS/c1-19-15-8-7-11(9-13(15)17)10-14(18)12-5-3-4-6-16(12)20-2/h3-9,14H,10,18H2,1-2H3. The van der Waals surface area contributed by atoms with Crippen LogP contribution in [0.3, 0.4) is 0 Å². The van der Waals surface area contributed by atoms with Gasteiger partial charge in [0.15, 0.2) is 11.6 Å². The van der Waals surface area contributed by atoms with Crippen LogP contribution in [0.1, 0.15) is 17.2 Å². The Kier molecular flexibility index (Phi) is 5.04. The number of hydrogen-bond acceptors (Lipinski definition) is 3. The summed E-state index contributed by atoms with van der Waals surface area (Å²) in [6, 6.07) is 12.9. The minimum Gasteiger partial charge on any atom is -0.494 e. The average Bonchev–Trinajstić information content (AvgIpc) is 2.47. The van der Waals surface area contributed by atoms with Crippen molar-refractivity contribution in [3.63, 3.8) is 0 Å². The molecular weight excluding hydrogens is 273 g/mol. The SMILES string of the molecule is COc1ccc(CC(N)c2ccccc2SC)cc1F. The van der Waals surface area contributed by atoms with Crippen LogP contribution in [0.25, 0.3) is 0 Å². The number of thioether (sulfide) groups is 1. The Labute approximate surface area is 123 Å². The van der Waals surface area contributed by atoms with E-state index in [0.717, 1.165) is 16.0 Å². The van der Waals surface area contributed by atoms with Gasteiger partial charge in [-0.05, 0) is 42.0 Å². The Morgan fingerprint density at radius 2 is 2.00 bits per heavy atom. The topological polar surface area (TPSA) is 35.2 Å². The first-order chi connectivity index (χ1) is 9.65. The van der Waals surface area contributed by atoms with E-state index in [1.54, 1.807) is 17.8 Å². The molecule has 0 aromatic heterocycles. The molecule has 0 spiro atoms. The van der Waals surface area contributed by atoms with Crippen molar-refractivity contribution in [2.75, 3.05) is 13.4 Å². The van der Waals surface area contributed by atoms with Crippen molar-refractivity contribution in [2.45, 2.75) is 17.4 Å². The van der Waals surface area contributed by atoms with Crippen LogP contribution in [-0.2, 0) is 6.42 Å². The molecule has 2 N–H and O–H groups in total. The molecule has 0 bridgehead atoms. The summed E-state index contributed by atoms with van der Waals surface area (Å²) in [5.74, 6) is -0.0952. The Hall–Kier alpha value is -1.52. The van der Waals surface area contributed by atoms with Crippen LogP contribution in [0, 0.1) is 5.82 Å². The molecule has 0 saturated heterocycles. The highest BCUT2D eigenvalue weighted by atomic mass is 32.2. The molecule has 20 heavy (non-hydrogen) atoms. The Morgan fingerprint density at radius 3 is 2.65 bits per heavy atom. The van der Waals surface area contributed by atoms with Gasteiger partial charge in [-0.25, -0.2) is 4.39 Å². The van der Waals surface area contributed by atoms with E-state index in [9.17, 15) is 4.39 Å². The fourth-order valence-electron chi connectivity index (χ4n) is 2.17. The normalized spacial score (nSPS) is 12.2. The lowest BCUT2D eigenvalue weighted by molar-refractivity contribution is 0.386. The monoisotopic (exact) mass is 291 g/mol. The maximum atomic E-state index is 13.7. The molecular formula is C16H18FNOS. The number of benzene rings is 2. The Bertz CT molecular complexity index is 588. The van der Waals surface area contributed by atoms with Gasteiger partial charge in [0.25, 0.3) is 0 Å². The summed E-state index contributed by atoms with van der Waals surface area (Å²) in [6.45, 7) is 0. The van der Waals surface area contributed by atoms with Crippen molar-refractivity contribution in [2.24, 2.45) is 5.73 Å². The molecule has 0 aliphatic heterocycles. The third kappa shape index (κ3) is 3.32. The second-order valence-electron chi connectivity index (χ2n) is 4.52. The lowest BCUT2D eigenvalue weighted by Crippen LogP contribution is -2.14. The molecule has 0 radical (unpaired) electrons. The number of nitrogens with two attached hydrogens (primary N) is 1. The molecule has 0 amide bonds. The van der Waals surface area contributed by atoms with Crippen LogP contribution in [-0.4, -0.2) is 13.4 Å². The summed E-state index contributed by atoms with van der Waals surface area (Å²) < 4.78 is 18.6. The Balaban J connectivity index is 2.19. The van der Waals surface area contributed by atoms with Crippen LogP contribution in [0.15, 0.2) is 47.4 Å². The third-order valence-electron chi connectivity index (χ3n) is 3.21. The molecule has 4 heteroatoms. The molecule has 106 valence electrons. The highest BCUT2D eigenvalue weighted by molar-refractivity contribution is 7.98. The summed E-state index contributed by atoms with van der Waals surface area (Å²) in [7, 11) is 1.46. The molecule has 0 saturated carbocycles. The fourth-order valence-corrected chi connectivity index (χ4v) is 2.84. The van der Waals surface area contributed by atoms with E-state index >= 15 is 0 Å². The van der Waals surface area contributed by atoms with E-state index in [0.29, 0.717) is 6.42 Å². The summed E-state index contributed by atoms with van der Waals surface area (Å²) in [5, 5.41) is 0. The van der Waals surface area contributed by atoms with E-state index < -0.39 is 0 Å². The van der Waals surface area contributed by atoms with E-state index in [2.05, 4.69) is 6.07 Å². The molecule has 0 fully saturated rings. The fraction of sp³-hybridized carbons (Fsp3) is 0.250. The van der Waals surface area contributed by atoms with Crippen molar-refractivity contribution < 1.29 is 9.13 Å². The number of hydrogen-bond donors (Lipinski definition) is 1. The molecule has 2 nitrogen and oxygen atoms in total. The van der Waals surface area contributed by atoms with Gasteiger partial charge in [-0.15, -0.1) is 11.8 Å².